The quantitative estimate of drug-likeness (QED) is 0.285. The van der Waals surface area contributed by atoms with Crippen molar-refractivity contribution in [2.24, 2.45) is 5.92 Å². The first-order chi connectivity index (χ1) is 17.1. The average Bonchev–Trinajstić information content (AvgIpc) is 3.29. The molecule has 5 heteroatoms. The lowest BCUT2D eigenvalue weighted by Gasteiger charge is -2.38. The summed E-state index contributed by atoms with van der Waals surface area (Å²) >= 11 is 0. The van der Waals surface area contributed by atoms with Gasteiger partial charge in [0.15, 0.2) is 0 Å². The highest BCUT2D eigenvalue weighted by molar-refractivity contribution is 5.96. The first-order valence-corrected chi connectivity index (χ1v) is 11.7. The van der Waals surface area contributed by atoms with E-state index in [9.17, 15) is 14.7 Å². The maximum atomic E-state index is 12.4. The second-order valence-corrected chi connectivity index (χ2v) is 9.07. The van der Waals surface area contributed by atoms with Gasteiger partial charge in [-0.2, -0.15) is 0 Å². The molecule has 1 heterocycles. The zero-order chi connectivity index (χ0) is 23.9. The fourth-order valence-corrected chi connectivity index (χ4v) is 5.58. The first-order valence-electron chi connectivity index (χ1n) is 11.7. The summed E-state index contributed by atoms with van der Waals surface area (Å²) in [5, 5.41) is 13.4. The summed E-state index contributed by atoms with van der Waals surface area (Å²) in [6.07, 6.45) is 0.903. The Morgan fingerprint density at radius 1 is 0.800 bits per heavy atom. The number of benzene rings is 4. The van der Waals surface area contributed by atoms with Gasteiger partial charge in [-0.25, -0.2) is 9.59 Å². The monoisotopic (exact) mass is 461 g/mol. The zero-order valence-electron chi connectivity index (χ0n) is 18.8. The molecule has 0 unspecified atom stereocenters. The van der Waals surface area contributed by atoms with E-state index in [4.69, 9.17) is 4.74 Å². The van der Waals surface area contributed by atoms with Crippen molar-refractivity contribution < 1.29 is 19.4 Å². The van der Waals surface area contributed by atoms with E-state index in [0.29, 0.717) is 17.0 Å². The van der Waals surface area contributed by atoms with Crippen molar-refractivity contribution in [2.75, 3.05) is 5.32 Å². The van der Waals surface area contributed by atoms with Gasteiger partial charge in [-0.3, -0.25) is 0 Å². The Kier molecular flexibility index (Phi) is 5.10. The number of hydrogen-bond acceptors (Lipinski definition) is 4. The Morgan fingerprint density at radius 3 is 2.29 bits per heavy atom. The van der Waals surface area contributed by atoms with Crippen LogP contribution in [0, 0.1) is 5.92 Å². The second-order valence-electron chi connectivity index (χ2n) is 9.07. The predicted molar refractivity (Wildman–Crippen MR) is 133 cm³/mol. The normalized spacial score (nSPS) is 19.6. The molecule has 4 aromatic carbocycles. The number of fused-ring (bicyclic) bond motifs is 5. The molecule has 0 fully saturated rings. The topological polar surface area (TPSA) is 75.6 Å². The van der Waals surface area contributed by atoms with Crippen LogP contribution in [0.3, 0.4) is 0 Å². The van der Waals surface area contributed by atoms with Gasteiger partial charge in [-0.15, -0.1) is 0 Å². The molecule has 0 bridgehead atoms. The van der Waals surface area contributed by atoms with Gasteiger partial charge < -0.3 is 15.2 Å². The van der Waals surface area contributed by atoms with Crippen LogP contribution in [0.4, 0.5) is 5.69 Å². The Balaban J connectivity index is 1.35. The van der Waals surface area contributed by atoms with Crippen molar-refractivity contribution >= 4 is 17.6 Å². The highest BCUT2D eigenvalue weighted by Gasteiger charge is 2.44. The molecule has 2 aliphatic rings. The molecule has 2 N–H and O–H groups in total. The minimum Gasteiger partial charge on any atom is -0.478 e. The molecular formula is C30H23NO4. The number of rotatable bonds is 4. The predicted octanol–water partition coefficient (Wildman–Crippen LogP) is 6.08. The molecule has 172 valence electrons. The number of nitrogens with one attached hydrogen (secondary N) is 1. The number of carbonyl (C=O) groups is 2. The van der Waals surface area contributed by atoms with Crippen LogP contribution in [0.15, 0.2) is 97.1 Å². The van der Waals surface area contributed by atoms with Crippen LogP contribution in [0.5, 0.6) is 5.75 Å². The van der Waals surface area contributed by atoms with Crippen LogP contribution in [-0.4, -0.2) is 17.0 Å². The van der Waals surface area contributed by atoms with E-state index in [1.54, 1.807) is 42.5 Å². The van der Waals surface area contributed by atoms with E-state index >= 15 is 0 Å². The summed E-state index contributed by atoms with van der Waals surface area (Å²) < 4.78 is 5.55. The van der Waals surface area contributed by atoms with Gasteiger partial charge in [-0.1, -0.05) is 66.7 Å². The molecular weight excluding hydrogens is 438 g/mol. The van der Waals surface area contributed by atoms with Gasteiger partial charge in [0, 0.05) is 5.92 Å². The van der Waals surface area contributed by atoms with Gasteiger partial charge in [0.2, 0.25) is 0 Å². The lowest BCUT2D eigenvalue weighted by molar-refractivity contribution is 0.0695. The van der Waals surface area contributed by atoms with E-state index < -0.39 is 11.9 Å². The second kappa shape index (κ2) is 8.44. The number of carbonyl (C=O) groups excluding carboxylic acids is 1. The number of carboxylic acid groups (broad SMARTS) is 1. The molecule has 1 aliphatic heterocycles. The van der Waals surface area contributed by atoms with Crippen LogP contribution in [0.25, 0.3) is 0 Å². The summed E-state index contributed by atoms with van der Waals surface area (Å²) in [5.74, 6) is -0.526. The number of hydrogen-bond donors (Lipinski definition) is 2. The molecule has 5 nitrogen and oxygen atoms in total. The standard InChI is InChI=1S/C30H23NO4/c32-29(33)24-12-6-11-23-26-22-10-5-4-9-20(22)17-25(26)27(31-28(23)24)18-13-15-21(16-14-18)35-30(34)19-7-2-1-3-8-19/h1-16,25-27,31H,17H2,(H,32,33)/t25-,26+,27-/m0/s1. The number of aromatic carboxylic acids is 1. The Morgan fingerprint density at radius 2 is 1.51 bits per heavy atom. The molecule has 1 aliphatic carbocycles. The van der Waals surface area contributed by atoms with Crippen LogP contribution < -0.4 is 10.1 Å². The summed E-state index contributed by atoms with van der Waals surface area (Å²) in [7, 11) is 0. The molecule has 0 saturated heterocycles. The van der Waals surface area contributed by atoms with Crippen molar-refractivity contribution in [3.8, 4) is 5.75 Å². The average molecular weight is 462 g/mol. The highest BCUT2D eigenvalue weighted by Crippen LogP contribution is 2.54. The Labute approximate surface area is 203 Å². The summed E-state index contributed by atoms with van der Waals surface area (Å²) in [4.78, 5) is 24.5. The highest BCUT2D eigenvalue weighted by atomic mass is 16.5. The van der Waals surface area contributed by atoms with E-state index in [1.165, 1.54) is 11.1 Å². The van der Waals surface area contributed by atoms with Crippen molar-refractivity contribution in [1.82, 2.24) is 0 Å². The van der Waals surface area contributed by atoms with Gasteiger partial charge in [0.25, 0.3) is 0 Å². The van der Waals surface area contributed by atoms with Crippen LogP contribution in [0.2, 0.25) is 0 Å². The molecule has 0 saturated carbocycles. The Bertz CT molecular complexity index is 1430. The number of ether oxygens (including phenoxy) is 1. The summed E-state index contributed by atoms with van der Waals surface area (Å²) in [6.45, 7) is 0. The third-order valence-electron chi connectivity index (χ3n) is 7.12. The van der Waals surface area contributed by atoms with E-state index in [-0.39, 0.29) is 23.4 Å². The molecule has 3 atom stereocenters. The fourth-order valence-electron chi connectivity index (χ4n) is 5.58. The lowest BCUT2D eigenvalue weighted by atomic mass is 9.75. The van der Waals surface area contributed by atoms with Crippen LogP contribution in [-0.2, 0) is 6.42 Å². The van der Waals surface area contributed by atoms with Gasteiger partial charge in [0.1, 0.15) is 5.75 Å². The molecule has 0 spiro atoms. The molecule has 6 rings (SSSR count). The number of para-hydroxylation sites is 1. The van der Waals surface area contributed by atoms with E-state index in [2.05, 4.69) is 29.6 Å². The largest absolute Gasteiger partial charge is 0.478 e. The van der Waals surface area contributed by atoms with Crippen LogP contribution >= 0.6 is 0 Å². The molecule has 35 heavy (non-hydrogen) atoms. The number of anilines is 1. The fraction of sp³-hybridized carbons (Fsp3) is 0.133. The smallest absolute Gasteiger partial charge is 0.343 e. The summed E-state index contributed by atoms with van der Waals surface area (Å²) in [6, 6.07) is 30.3. The number of carboxylic acids is 1. The van der Waals surface area contributed by atoms with E-state index in [0.717, 1.165) is 17.5 Å². The molecule has 0 radical (unpaired) electrons. The van der Waals surface area contributed by atoms with Crippen LogP contribution in [0.1, 0.15) is 54.9 Å². The molecule has 0 aromatic heterocycles. The maximum absolute atomic E-state index is 12.4. The van der Waals surface area contributed by atoms with Gasteiger partial charge >= 0.3 is 11.9 Å². The van der Waals surface area contributed by atoms with Crippen molar-refractivity contribution in [1.29, 1.82) is 0 Å². The van der Waals surface area contributed by atoms with Crippen molar-refractivity contribution in [3.63, 3.8) is 0 Å². The maximum Gasteiger partial charge on any atom is 0.343 e. The summed E-state index contributed by atoms with van der Waals surface area (Å²) in [5.41, 5.74) is 6.08. The minimum atomic E-state index is -0.944. The lowest BCUT2D eigenvalue weighted by Crippen LogP contribution is -2.31. The van der Waals surface area contributed by atoms with Crippen molar-refractivity contribution in [2.45, 2.75) is 18.4 Å². The third-order valence-corrected chi connectivity index (χ3v) is 7.12. The van der Waals surface area contributed by atoms with E-state index in [1.807, 2.05) is 30.3 Å². The number of esters is 1. The van der Waals surface area contributed by atoms with Gasteiger partial charge in [0.05, 0.1) is 22.9 Å². The minimum absolute atomic E-state index is 0.0840. The Hall–Kier alpha value is -4.38. The SMILES string of the molecule is O=C(Oc1ccc([C@@H]2Nc3c(C(=O)O)cccc3[C@H]3c4ccccc4C[C@@H]32)cc1)c1ccccc1. The molecule has 0 amide bonds. The first kappa shape index (κ1) is 21.2. The van der Waals surface area contributed by atoms with Gasteiger partial charge in [-0.05, 0) is 64.9 Å². The third kappa shape index (κ3) is 3.66. The zero-order valence-corrected chi connectivity index (χ0v) is 18.8. The molecule has 4 aromatic rings. The van der Waals surface area contributed by atoms with Crippen molar-refractivity contribution in [3.05, 3.63) is 130 Å².